The highest BCUT2D eigenvalue weighted by Crippen LogP contribution is 2.26. The van der Waals surface area contributed by atoms with Gasteiger partial charge in [0.25, 0.3) is 5.91 Å². The van der Waals surface area contributed by atoms with Gasteiger partial charge < -0.3 is 14.6 Å². The number of nitrogens with zero attached hydrogens (tertiary/aromatic N) is 6. The Labute approximate surface area is 179 Å². The summed E-state index contributed by atoms with van der Waals surface area (Å²) in [7, 11) is 0. The second-order valence-corrected chi connectivity index (χ2v) is 7.58. The Kier molecular flexibility index (Phi) is 5.17. The fraction of sp³-hybridized carbons (Fsp3) is 0.318. The maximum Gasteiger partial charge on any atom is 0.257 e. The van der Waals surface area contributed by atoms with E-state index in [1.54, 1.807) is 29.5 Å². The van der Waals surface area contributed by atoms with Gasteiger partial charge in [-0.05, 0) is 43.0 Å². The zero-order chi connectivity index (χ0) is 21.2. The van der Waals surface area contributed by atoms with E-state index in [2.05, 4.69) is 37.0 Å². The minimum atomic E-state index is -0.217. The van der Waals surface area contributed by atoms with E-state index in [1.165, 1.54) is 0 Å². The van der Waals surface area contributed by atoms with Crippen LogP contribution in [0.25, 0.3) is 16.9 Å². The van der Waals surface area contributed by atoms with E-state index >= 15 is 0 Å². The minimum Gasteiger partial charge on any atom is -0.381 e. The number of ether oxygens (including phenoxy) is 1. The highest BCUT2D eigenvalue weighted by molar-refractivity contribution is 6.05. The number of fused-ring (bicyclic) bond motifs is 1. The Balaban J connectivity index is 1.41. The van der Waals surface area contributed by atoms with Gasteiger partial charge in [-0.2, -0.15) is 0 Å². The van der Waals surface area contributed by atoms with Crippen LogP contribution in [0.2, 0.25) is 0 Å². The Morgan fingerprint density at radius 3 is 2.71 bits per heavy atom. The molecule has 9 nitrogen and oxygen atoms in total. The lowest BCUT2D eigenvalue weighted by Gasteiger charge is -2.23. The van der Waals surface area contributed by atoms with Crippen molar-refractivity contribution in [3.63, 3.8) is 0 Å². The van der Waals surface area contributed by atoms with E-state index in [0.717, 1.165) is 55.1 Å². The fourth-order valence-corrected chi connectivity index (χ4v) is 3.95. The predicted octanol–water partition coefficient (Wildman–Crippen LogP) is 3.18. The van der Waals surface area contributed by atoms with Crippen LogP contribution in [-0.4, -0.2) is 48.4 Å². The molecule has 1 fully saturated rings. The molecule has 0 unspecified atom stereocenters. The number of nitrogens with one attached hydrogen (secondary N) is 1. The number of amides is 1. The number of aromatic nitrogens is 6. The smallest absolute Gasteiger partial charge is 0.257 e. The first-order chi connectivity index (χ1) is 15.2. The first-order valence-electron chi connectivity index (χ1n) is 10.4. The molecule has 4 heterocycles. The van der Waals surface area contributed by atoms with Crippen molar-refractivity contribution < 1.29 is 9.53 Å². The molecule has 0 bridgehead atoms. The molecular weight excluding hydrogens is 394 g/mol. The first kappa shape index (κ1) is 19.4. The molecule has 31 heavy (non-hydrogen) atoms. The molecule has 158 valence electrons. The normalized spacial score (nSPS) is 14.7. The summed E-state index contributed by atoms with van der Waals surface area (Å²) >= 11 is 0. The molecule has 0 atom stereocenters. The Hall–Kier alpha value is -3.59. The maximum atomic E-state index is 13.0. The van der Waals surface area contributed by atoms with Crippen LogP contribution >= 0.6 is 0 Å². The SMILES string of the molecule is CCc1ccc(-n2cnnc2)cc1NC(=O)c1cnc2c(c1)ncn2C1CCOCC1. The molecule has 0 radical (unpaired) electrons. The summed E-state index contributed by atoms with van der Waals surface area (Å²) in [5, 5.41) is 10.7. The molecule has 1 saturated heterocycles. The van der Waals surface area contributed by atoms with Gasteiger partial charge in [-0.3, -0.25) is 9.36 Å². The number of rotatable bonds is 5. The summed E-state index contributed by atoms with van der Waals surface area (Å²) in [6.45, 7) is 3.55. The van der Waals surface area contributed by atoms with Gasteiger partial charge in [-0.1, -0.05) is 13.0 Å². The van der Waals surface area contributed by atoms with Crippen molar-refractivity contribution in [2.75, 3.05) is 18.5 Å². The van der Waals surface area contributed by atoms with Crippen LogP contribution < -0.4 is 5.32 Å². The lowest BCUT2D eigenvalue weighted by molar-refractivity contribution is 0.0704. The van der Waals surface area contributed by atoms with Gasteiger partial charge in [-0.25, -0.2) is 9.97 Å². The van der Waals surface area contributed by atoms with E-state index in [1.807, 2.05) is 24.5 Å². The predicted molar refractivity (Wildman–Crippen MR) is 115 cm³/mol. The van der Waals surface area contributed by atoms with E-state index in [4.69, 9.17) is 4.74 Å². The lowest BCUT2D eigenvalue weighted by Crippen LogP contribution is -2.19. The molecule has 1 aliphatic heterocycles. The molecule has 4 aromatic rings. The Morgan fingerprint density at radius 1 is 1.13 bits per heavy atom. The van der Waals surface area contributed by atoms with Crippen LogP contribution in [0.15, 0.2) is 49.4 Å². The van der Waals surface area contributed by atoms with Crippen molar-refractivity contribution in [2.45, 2.75) is 32.2 Å². The summed E-state index contributed by atoms with van der Waals surface area (Å²) in [5.41, 5.74) is 4.66. The van der Waals surface area contributed by atoms with Crippen molar-refractivity contribution in [3.8, 4) is 5.69 Å². The second-order valence-electron chi connectivity index (χ2n) is 7.58. The molecule has 0 aliphatic carbocycles. The highest BCUT2D eigenvalue weighted by Gasteiger charge is 2.19. The Morgan fingerprint density at radius 2 is 1.94 bits per heavy atom. The van der Waals surface area contributed by atoms with Crippen molar-refractivity contribution in [1.82, 2.24) is 29.3 Å². The summed E-state index contributed by atoms with van der Waals surface area (Å²) in [4.78, 5) is 22.0. The molecule has 9 heteroatoms. The second kappa shape index (κ2) is 8.27. The van der Waals surface area contributed by atoms with Gasteiger partial charge in [0.05, 0.1) is 17.6 Å². The van der Waals surface area contributed by atoms with E-state index in [-0.39, 0.29) is 5.91 Å². The molecule has 1 amide bonds. The van der Waals surface area contributed by atoms with Crippen LogP contribution in [-0.2, 0) is 11.2 Å². The molecule has 5 rings (SSSR count). The third-order valence-electron chi connectivity index (χ3n) is 5.70. The summed E-state index contributed by atoms with van der Waals surface area (Å²) < 4.78 is 9.34. The van der Waals surface area contributed by atoms with Gasteiger partial charge in [0, 0.05) is 31.1 Å². The molecule has 3 aromatic heterocycles. The molecule has 0 saturated carbocycles. The minimum absolute atomic E-state index is 0.217. The van der Waals surface area contributed by atoms with Crippen LogP contribution in [0.3, 0.4) is 0 Å². The quantitative estimate of drug-likeness (QED) is 0.535. The van der Waals surface area contributed by atoms with Gasteiger partial charge in [0.2, 0.25) is 0 Å². The summed E-state index contributed by atoms with van der Waals surface area (Å²) in [6.07, 6.45) is 9.36. The number of carbonyl (C=O) groups excluding carboxylic acids is 1. The van der Waals surface area contributed by atoms with Crippen molar-refractivity contribution in [3.05, 3.63) is 60.6 Å². The van der Waals surface area contributed by atoms with E-state index < -0.39 is 0 Å². The number of imidazole rings is 1. The van der Waals surface area contributed by atoms with E-state index in [9.17, 15) is 4.79 Å². The number of aryl methyl sites for hydroxylation is 1. The zero-order valence-electron chi connectivity index (χ0n) is 17.2. The van der Waals surface area contributed by atoms with Gasteiger partial charge >= 0.3 is 0 Å². The molecule has 1 N–H and O–H groups in total. The molecule has 0 spiro atoms. The van der Waals surface area contributed by atoms with Crippen LogP contribution in [0.4, 0.5) is 5.69 Å². The van der Waals surface area contributed by atoms with Crippen LogP contribution in [0.1, 0.15) is 41.7 Å². The van der Waals surface area contributed by atoms with Gasteiger partial charge in [-0.15, -0.1) is 10.2 Å². The largest absolute Gasteiger partial charge is 0.381 e. The van der Waals surface area contributed by atoms with Crippen molar-refractivity contribution >= 4 is 22.8 Å². The van der Waals surface area contributed by atoms with Gasteiger partial charge in [0.1, 0.15) is 18.2 Å². The number of pyridine rings is 1. The topological polar surface area (TPSA) is 99.8 Å². The zero-order valence-corrected chi connectivity index (χ0v) is 17.2. The number of benzene rings is 1. The monoisotopic (exact) mass is 417 g/mol. The highest BCUT2D eigenvalue weighted by atomic mass is 16.5. The summed E-state index contributed by atoms with van der Waals surface area (Å²) in [5.74, 6) is -0.217. The maximum absolute atomic E-state index is 13.0. The number of anilines is 1. The average molecular weight is 417 g/mol. The van der Waals surface area contributed by atoms with Crippen LogP contribution in [0.5, 0.6) is 0 Å². The first-order valence-corrected chi connectivity index (χ1v) is 10.4. The van der Waals surface area contributed by atoms with Gasteiger partial charge in [0.15, 0.2) is 5.65 Å². The fourth-order valence-electron chi connectivity index (χ4n) is 3.95. The third kappa shape index (κ3) is 3.79. The van der Waals surface area contributed by atoms with Crippen molar-refractivity contribution in [2.24, 2.45) is 0 Å². The number of hydrogen-bond acceptors (Lipinski definition) is 6. The number of carbonyl (C=O) groups is 1. The lowest BCUT2D eigenvalue weighted by atomic mass is 10.1. The number of hydrogen-bond donors (Lipinski definition) is 1. The molecular formula is C22H23N7O2. The summed E-state index contributed by atoms with van der Waals surface area (Å²) in [6, 6.07) is 8.03. The van der Waals surface area contributed by atoms with E-state index in [0.29, 0.717) is 17.1 Å². The molecule has 1 aromatic carbocycles. The van der Waals surface area contributed by atoms with Crippen LogP contribution in [0, 0.1) is 0 Å². The standard InChI is InChI=1S/C22H23N7O2/c1-2-15-3-4-18(28-13-25-26-14-28)10-19(15)27-22(30)16-9-20-21(23-11-16)29(12-24-20)17-5-7-31-8-6-17/h3-4,9-14,17H,2,5-8H2,1H3,(H,27,30). The molecule has 1 aliphatic rings. The van der Waals surface area contributed by atoms with Crippen molar-refractivity contribution in [1.29, 1.82) is 0 Å². The third-order valence-corrected chi connectivity index (χ3v) is 5.70. The average Bonchev–Trinajstić information content (AvgIpc) is 3.49. The Bertz CT molecular complexity index is 1210.